The minimum Gasteiger partial charge on any atom is -0.485 e. The van der Waals surface area contributed by atoms with Gasteiger partial charge in [0.1, 0.15) is 18.1 Å². The van der Waals surface area contributed by atoms with Gasteiger partial charge in [-0.25, -0.2) is 0 Å². The van der Waals surface area contributed by atoms with Crippen LogP contribution in [0, 0.1) is 20.8 Å². The highest BCUT2D eigenvalue weighted by molar-refractivity contribution is 6.02. The maximum absolute atomic E-state index is 12.4. The van der Waals surface area contributed by atoms with Crippen molar-refractivity contribution < 1.29 is 13.9 Å². The first-order valence-electron chi connectivity index (χ1n) is 8.18. The van der Waals surface area contributed by atoms with Crippen molar-refractivity contribution in [2.75, 3.05) is 5.32 Å². The maximum Gasteiger partial charge on any atom is 0.291 e. The molecule has 0 aliphatic carbocycles. The summed E-state index contributed by atoms with van der Waals surface area (Å²) >= 11 is 0. The highest BCUT2D eigenvalue weighted by Gasteiger charge is 2.13. The van der Waals surface area contributed by atoms with E-state index < -0.39 is 0 Å². The second-order valence-electron chi connectivity index (χ2n) is 6.09. The monoisotopic (exact) mass is 335 g/mol. The van der Waals surface area contributed by atoms with Crippen molar-refractivity contribution >= 4 is 11.6 Å². The Kier molecular flexibility index (Phi) is 4.89. The molecule has 0 atom stereocenters. The fraction of sp³-hybridized carbons (Fsp3) is 0.190. The Morgan fingerprint density at radius 1 is 1.00 bits per heavy atom. The van der Waals surface area contributed by atoms with E-state index in [1.807, 2.05) is 63.2 Å². The van der Waals surface area contributed by atoms with Crippen molar-refractivity contribution in [3.63, 3.8) is 0 Å². The van der Waals surface area contributed by atoms with E-state index in [0.29, 0.717) is 5.76 Å². The lowest BCUT2D eigenvalue weighted by Gasteiger charge is -2.08. The summed E-state index contributed by atoms with van der Waals surface area (Å²) in [6.45, 7) is 6.21. The van der Waals surface area contributed by atoms with Crippen LogP contribution in [-0.2, 0) is 6.61 Å². The van der Waals surface area contributed by atoms with Crippen LogP contribution in [-0.4, -0.2) is 5.91 Å². The van der Waals surface area contributed by atoms with Crippen molar-refractivity contribution in [1.82, 2.24) is 0 Å². The zero-order valence-corrected chi connectivity index (χ0v) is 14.6. The van der Waals surface area contributed by atoms with E-state index in [2.05, 4.69) is 5.32 Å². The van der Waals surface area contributed by atoms with E-state index in [-0.39, 0.29) is 18.3 Å². The summed E-state index contributed by atoms with van der Waals surface area (Å²) < 4.78 is 11.4. The fourth-order valence-corrected chi connectivity index (χ4v) is 2.50. The number of carbonyl (C=O) groups excluding carboxylic acids is 1. The van der Waals surface area contributed by atoms with Crippen LogP contribution in [0.3, 0.4) is 0 Å². The molecule has 4 heteroatoms. The minimum atomic E-state index is -0.268. The number of ether oxygens (including phenoxy) is 1. The van der Waals surface area contributed by atoms with Crippen molar-refractivity contribution in [3.05, 3.63) is 82.8 Å². The van der Waals surface area contributed by atoms with E-state index in [4.69, 9.17) is 9.15 Å². The lowest BCUT2D eigenvalue weighted by atomic mass is 10.1. The highest BCUT2D eigenvalue weighted by atomic mass is 16.5. The van der Waals surface area contributed by atoms with E-state index in [1.54, 1.807) is 12.1 Å². The van der Waals surface area contributed by atoms with E-state index in [1.165, 1.54) is 0 Å². The van der Waals surface area contributed by atoms with Crippen LogP contribution in [0.15, 0.2) is 59.0 Å². The molecule has 0 saturated heterocycles. The molecule has 3 aromatic rings. The molecular weight excluding hydrogens is 314 g/mol. The number of furan rings is 1. The van der Waals surface area contributed by atoms with Crippen LogP contribution < -0.4 is 10.1 Å². The van der Waals surface area contributed by atoms with Gasteiger partial charge in [-0.2, -0.15) is 0 Å². The Hall–Kier alpha value is -3.01. The van der Waals surface area contributed by atoms with Crippen LogP contribution in [0.1, 0.15) is 33.0 Å². The van der Waals surface area contributed by atoms with Gasteiger partial charge in [-0.3, -0.25) is 4.79 Å². The van der Waals surface area contributed by atoms with E-state index >= 15 is 0 Å². The third-order valence-corrected chi connectivity index (χ3v) is 3.99. The van der Waals surface area contributed by atoms with Gasteiger partial charge in [0.2, 0.25) is 0 Å². The SMILES string of the molecule is Cc1ccc(C)c(NC(=O)c2ccc(COc3ccccc3C)o2)c1. The highest BCUT2D eigenvalue weighted by Crippen LogP contribution is 2.20. The van der Waals surface area contributed by atoms with Gasteiger partial charge in [-0.1, -0.05) is 30.3 Å². The quantitative estimate of drug-likeness (QED) is 0.711. The molecule has 0 fully saturated rings. The molecule has 4 nitrogen and oxygen atoms in total. The fourth-order valence-electron chi connectivity index (χ4n) is 2.50. The molecule has 25 heavy (non-hydrogen) atoms. The molecule has 1 aromatic heterocycles. The van der Waals surface area contributed by atoms with Crippen molar-refractivity contribution in [2.24, 2.45) is 0 Å². The molecule has 2 aromatic carbocycles. The summed E-state index contributed by atoms with van der Waals surface area (Å²) in [5.74, 6) is 1.41. The predicted molar refractivity (Wildman–Crippen MR) is 98.1 cm³/mol. The average Bonchev–Trinajstić information content (AvgIpc) is 3.06. The lowest BCUT2D eigenvalue weighted by molar-refractivity contribution is 0.0992. The molecule has 0 saturated carbocycles. The summed E-state index contributed by atoms with van der Waals surface area (Å²) in [4.78, 5) is 12.4. The number of benzene rings is 2. The van der Waals surface area contributed by atoms with Crippen LogP contribution >= 0.6 is 0 Å². The van der Waals surface area contributed by atoms with Crippen molar-refractivity contribution in [1.29, 1.82) is 0 Å². The maximum atomic E-state index is 12.4. The zero-order valence-electron chi connectivity index (χ0n) is 14.6. The average molecular weight is 335 g/mol. The number of carbonyl (C=O) groups is 1. The predicted octanol–water partition coefficient (Wildman–Crippen LogP) is 5.04. The molecule has 0 bridgehead atoms. The molecule has 0 aliphatic rings. The van der Waals surface area contributed by atoms with Gasteiger partial charge >= 0.3 is 0 Å². The van der Waals surface area contributed by atoms with Gasteiger partial charge in [0.15, 0.2) is 5.76 Å². The topological polar surface area (TPSA) is 51.5 Å². The zero-order chi connectivity index (χ0) is 17.8. The van der Waals surface area contributed by atoms with Gasteiger partial charge in [-0.05, 0) is 61.7 Å². The number of aryl methyl sites for hydroxylation is 3. The molecular formula is C21H21NO3. The molecule has 1 amide bonds. The Balaban J connectivity index is 1.65. The van der Waals surface area contributed by atoms with Gasteiger partial charge in [0.25, 0.3) is 5.91 Å². The summed E-state index contributed by atoms with van der Waals surface area (Å²) in [6.07, 6.45) is 0. The summed E-state index contributed by atoms with van der Waals surface area (Å²) in [7, 11) is 0. The van der Waals surface area contributed by atoms with Crippen LogP contribution in [0.4, 0.5) is 5.69 Å². The smallest absolute Gasteiger partial charge is 0.291 e. The van der Waals surface area contributed by atoms with Crippen LogP contribution in [0.25, 0.3) is 0 Å². The molecule has 1 N–H and O–H groups in total. The first kappa shape index (κ1) is 16.8. The van der Waals surface area contributed by atoms with Crippen molar-refractivity contribution in [2.45, 2.75) is 27.4 Å². The van der Waals surface area contributed by atoms with Crippen LogP contribution in [0.5, 0.6) is 5.75 Å². The number of anilines is 1. The summed E-state index contributed by atoms with van der Waals surface area (Å²) in [6, 6.07) is 17.1. The normalized spacial score (nSPS) is 10.5. The lowest BCUT2D eigenvalue weighted by Crippen LogP contribution is -2.12. The second-order valence-corrected chi connectivity index (χ2v) is 6.09. The van der Waals surface area contributed by atoms with E-state index in [9.17, 15) is 4.79 Å². The van der Waals surface area contributed by atoms with Gasteiger partial charge in [0.05, 0.1) is 0 Å². The Labute approximate surface area is 147 Å². The standard InChI is InChI=1S/C21H21NO3/c1-14-8-9-15(2)18(12-14)22-21(23)20-11-10-17(25-20)13-24-19-7-5-4-6-16(19)3/h4-12H,13H2,1-3H3,(H,22,23). The van der Waals surface area contributed by atoms with Gasteiger partial charge in [0, 0.05) is 5.69 Å². The molecule has 128 valence electrons. The number of hydrogen-bond donors (Lipinski definition) is 1. The molecule has 0 aliphatic heterocycles. The number of rotatable bonds is 5. The third kappa shape index (κ3) is 4.10. The van der Waals surface area contributed by atoms with Crippen LogP contribution in [0.2, 0.25) is 0 Å². The first-order chi connectivity index (χ1) is 12.0. The molecule has 0 spiro atoms. The second kappa shape index (κ2) is 7.26. The van der Waals surface area contributed by atoms with Gasteiger partial charge in [-0.15, -0.1) is 0 Å². The Morgan fingerprint density at radius 2 is 1.80 bits per heavy atom. The Bertz CT molecular complexity index is 896. The molecule has 0 unspecified atom stereocenters. The number of para-hydroxylation sites is 1. The molecule has 1 heterocycles. The van der Waals surface area contributed by atoms with E-state index in [0.717, 1.165) is 28.1 Å². The number of amides is 1. The largest absolute Gasteiger partial charge is 0.485 e. The summed E-state index contributed by atoms with van der Waals surface area (Å²) in [5, 5.41) is 2.89. The number of hydrogen-bond acceptors (Lipinski definition) is 3. The first-order valence-corrected chi connectivity index (χ1v) is 8.18. The minimum absolute atomic E-state index is 0.268. The third-order valence-electron chi connectivity index (χ3n) is 3.99. The van der Waals surface area contributed by atoms with Crippen molar-refractivity contribution in [3.8, 4) is 5.75 Å². The number of nitrogens with one attached hydrogen (secondary N) is 1. The summed E-state index contributed by atoms with van der Waals surface area (Å²) in [5.41, 5.74) is 3.95. The Morgan fingerprint density at radius 3 is 2.60 bits per heavy atom. The van der Waals surface area contributed by atoms with Gasteiger partial charge < -0.3 is 14.5 Å². The molecule has 3 rings (SSSR count). The molecule has 0 radical (unpaired) electrons.